The van der Waals surface area contributed by atoms with E-state index < -0.39 is 0 Å². The molecular weight excluding hydrogens is 443 g/mol. The second kappa shape index (κ2) is 12.2. The Morgan fingerprint density at radius 2 is 1.96 bits per heavy atom. The van der Waals surface area contributed by atoms with E-state index in [1.807, 2.05) is 14.0 Å². The van der Waals surface area contributed by atoms with Gasteiger partial charge in [0.25, 0.3) is 0 Å². The summed E-state index contributed by atoms with van der Waals surface area (Å²) in [6.45, 7) is 6.09. The molecule has 1 aromatic carbocycles. The van der Waals surface area contributed by atoms with Crippen molar-refractivity contribution in [2.75, 3.05) is 20.1 Å². The fraction of sp³-hybridized carbons (Fsp3) is 0.474. The number of guanidine groups is 1. The molecule has 2 N–H and O–H groups in total. The molecule has 138 valence electrons. The molecule has 4 nitrogen and oxygen atoms in total. The lowest BCUT2D eigenvalue weighted by molar-refractivity contribution is 0.671. The number of thiazole rings is 1. The van der Waals surface area contributed by atoms with E-state index in [1.54, 1.807) is 11.3 Å². The number of nitrogens with one attached hydrogen (secondary N) is 2. The van der Waals surface area contributed by atoms with Gasteiger partial charge in [-0.2, -0.15) is 0 Å². The molecular formula is C19H29IN4S. The van der Waals surface area contributed by atoms with Gasteiger partial charge in [-0.25, -0.2) is 4.98 Å². The number of nitrogens with zero attached hydrogens (tertiary/aromatic N) is 2. The summed E-state index contributed by atoms with van der Waals surface area (Å²) in [6, 6.07) is 10.6. The Bertz CT molecular complexity index is 627. The molecule has 0 saturated heterocycles. The van der Waals surface area contributed by atoms with E-state index in [9.17, 15) is 0 Å². The molecule has 25 heavy (non-hydrogen) atoms. The fourth-order valence-electron chi connectivity index (χ4n) is 2.50. The Morgan fingerprint density at radius 1 is 1.20 bits per heavy atom. The summed E-state index contributed by atoms with van der Waals surface area (Å²) in [7, 11) is 1.82. The summed E-state index contributed by atoms with van der Waals surface area (Å²) in [5.41, 5.74) is 2.48. The lowest BCUT2D eigenvalue weighted by Gasteiger charge is -2.16. The van der Waals surface area contributed by atoms with Gasteiger partial charge in [0.2, 0.25) is 0 Å². The molecule has 0 bridgehead atoms. The third-order valence-corrected chi connectivity index (χ3v) is 4.97. The summed E-state index contributed by atoms with van der Waals surface area (Å²) in [4.78, 5) is 8.80. The first-order valence-corrected chi connectivity index (χ1v) is 9.47. The number of benzene rings is 1. The van der Waals surface area contributed by atoms with Crippen LogP contribution in [0.25, 0.3) is 0 Å². The molecule has 0 fully saturated rings. The van der Waals surface area contributed by atoms with Crippen molar-refractivity contribution in [2.24, 2.45) is 4.99 Å². The smallest absolute Gasteiger partial charge is 0.190 e. The molecule has 6 heteroatoms. The van der Waals surface area contributed by atoms with Gasteiger partial charge in [0.1, 0.15) is 0 Å². The topological polar surface area (TPSA) is 49.3 Å². The van der Waals surface area contributed by atoms with Crippen molar-refractivity contribution in [1.29, 1.82) is 0 Å². The maximum absolute atomic E-state index is 4.50. The second-order valence-corrected chi connectivity index (χ2v) is 6.97. The van der Waals surface area contributed by atoms with Gasteiger partial charge in [0.15, 0.2) is 5.96 Å². The first kappa shape index (κ1) is 21.9. The normalized spacial score (nSPS) is 12.4. The average molecular weight is 472 g/mol. The number of aliphatic imine (C=N–C) groups is 1. The van der Waals surface area contributed by atoms with Crippen molar-refractivity contribution < 1.29 is 0 Å². The maximum atomic E-state index is 4.50. The van der Waals surface area contributed by atoms with Gasteiger partial charge in [0, 0.05) is 31.2 Å². The fourth-order valence-corrected chi connectivity index (χ4v) is 3.31. The Labute approximate surface area is 172 Å². The van der Waals surface area contributed by atoms with Crippen molar-refractivity contribution in [2.45, 2.75) is 39.0 Å². The van der Waals surface area contributed by atoms with E-state index in [2.05, 4.69) is 63.2 Å². The number of aromatic nitrogens is 1. The first-order valence-electron chi connectivity index (χ1n) is 8.59. The summed E-state index contributed by atoms with van der Waals surface area (Å²) in [6.07, 6.45) is 3.34. The number of hydrogen-bond acceptors (Lipinski definition) is 3. The molecule has 1 atom stereocenters. The van der Waals surface area contributed by atoms with Crippen LogP contribution >= 0.6 is 35.3 Å². The lowest BCUT2D eigenvalue weighted by atomic mass is 10.0. The predicted molar refractivity (Wildman–Crippen MR) is 119 cm³/mol. The number of hydrogen-bond donors (Lipinski definition) is 2. The van der Waals surface area contributed by atoms with Crippen LogP contribution in [0, 0.1) is 6.92 Å². The molecule has 2 aromatic rings. The number of rotatable bonds is 8. The van der Waals surface area contributed by atoms with Crippen LogP contribution < -0.4 is 10.6 Å². The number of halogens is 1. The molecule has 0 radical (unpaired) electrons. The van der Waals surface area contributed by atoms with Crippen LogP contribution in [0.4, 0.5) is 0 Å². The molecule has 2 rings (SSSR count). The Balaban J connectivity index is 0.00000312. The van der Waals surface area contributed by atoms with Crippen LogP contribution in [-0.4, -0.2) is 31.1 Å². The van der Waals surface area contributed by atoms with Crippen molar-refractivity contribution in [3.05, 3.63) is 52.0 Å². The number of aryl methyl sites for hydroxylation is 2. The quantitative estimate of drug-likeness (QED) is 0.260. The van der Waals surface area contributed by atoms with Crippen molar-refractivity contribution >= 4 is 41.3 Å². The molecule has 0 spiro atoms. The minimum Gasteiger partial charge on any atom is -0.356 e. The number of unbranched alkanes of at least 4 members (excludes halogenated alkanes) is 1. The Morgan fingerprint density at radius 3 is 2.60 bits per heavy atom. The average Bonchev–Trinajstić information content (AvgIpc) is 3.03. The minimum absolute atomic E-state index is 0. The molecule has 1 aromatic heterocycles. The van der Waals surface area contributed by atoms with Gasteiger partial charge in [-0.1, -0.05) is 37.3 Å². The standard InChI is InChI=1S/C19H28N4S.HI/c1-15(17-9-5-4-6-10-17)13-22-19(20-3)21-12-8-7-11-18-23-16(2)14-24-18;/h4-6,9-10,14-15H,7-8,11-13H2,1-3H3,(H2,20,21,22);1H. The van der Waals surface area contributed by atoms with Crippen LogP contribution in [0.15, 0.2) is 40.7 Å². The molecule has 1 heterocycles. The van der Waals surface area contributed by atoms with Gasteiger partial charge in [-0.3, -0.25) is 4.99 Å². The predicted octanol–water partition coefficient (Wildman–Crippen LogP) is 4.36. The minimum atomic E-state index is 0. The highest BCUT2D eigenvalue weighted by molar-refractivity contribution is 14.0. The summed E-state index contributed by atoms with van der Waals surface area (Å²) in [5.74, 6) is 1.33. The summed E-state index contributed by atoms with van der Waals surface area (Å²) >= 11 is 1.76. The van der Waals surface area contributed by atoms with Gasteiger partial charge >= 0.3 is 0 Å². The highest BCUT2D eigenvalue weighted by Crippen LogP contribution is 2.13. The van der Waals surface area contributed by atoms with E-state index in [-0.39, 0.29) is 24.0 Å². The van der Waals surface area contributed by atoms with Crippen LogP contribution in [0.5, 0.6) is 0 Å². The molecule has 0 aliphatic heterocycles. The maximum Gasteiger partial charge on any atom is 0.190 e. The molecule has 0 aliphatic rings. The van der Waals surface area contributed by atoms with Crippen molar-refractivity contribution in [3.63, 3.8) is 0 Å². The first-order chi connectivity index (χ1) is 11.7. The van der Waals surface area contributed by atoms with Crippen LogP contribution in [-0.2, 0) is 6.42 Å². The van der Waals surface area contributed by atoms with Crippen LogP contribution in [0.2, 0.25) is 0 Å². The van der Waals surface area contributed by atoms with E-state index >= 15 is 0 Å². The van der Waals surface area contributed by atoms with Crippen molar-refractivity contribution in [3.8, 4) is 0 Å². The van der Waals surface area contributed by atoms with E-state index in [1.165, 1.54) is 10.6 Å². The summed E-state index contributed by atoms with van der Waals surface area (Å²) in [5, 5.41) is 10.2. The Hall–Kier alpha value is -1.15. The van der Waals surface area contributed by atoms with E-state index in [0.717, 1.165) is 44.0 Å². The van der Waals surface area contributed by atoms with Crippen molar-refractivity contribution in [1.82, 2.24) is 15.6 Å². The SMILES string of the molecule is CN=C(NCCCCc1nc(C)cs1)NCC(C)c1ccccc1.I. The zero-order valence-electron chi connectivity index (χ0n) is 15.3. The lowest BCUT2D eigenvalue weighted by Crippen LogP contribution is -2.39. The van der Waals surface area contributed by atoms with E-state index in [4.69, 9.17) is 0 Å². The Kier molecular flexibility index (Phi) is 10.7. The third-order valence-electron chi connectivity index (χ3n) is 3.94. The van der Waals surface area contributed by atoms with Gasteiger partial charge in [-0.05, 0) is 37.7 Å². The summed E-state index contributed by atoms with van der Waals surface area (Å²) < 4.78 is 0. The third kappa shape index (κ3) is 8.18. The largest absolute Gasteiger partial charge is 0.356 e. The van der Waals surface area contributed by atoms with Gasteiger partial charge in [0.05, 0.1) is 5.01 Å². The molecule has 0 saturated carbocycles. The zero-order chi connectivity index (χ0) is 17.2. The van der Waals surface area contributed by atoms with Gasteiger partial charge in [-0.15, -0.1) is 35.3 Å². The molecule has 0 aliphatic carbocycles. The second-order valence-electron chi connectivity index (χ2n) is 6.03. The van der Waals surface area contributed by atoms with Gasteiger partial charge < -0.3 is 10.6 Å². The molecule has 1 unspecified atom stereocenters. The van der Waals surface area contributed by atoms with Crippen LogP contribution in [0.1, 0.15) is 41.9 Å². The molecule has 0 amide bonds. The highest BCUT2D eigenvalue weighted by Gasteiger charge is 2.06. The van der Waals surface area contributed by atoms with E-state index in [0.29, 0.717) is 5.92 Å². The monoisotopic (exact) mass is 472 g/mol. The zero-order valence-corrected chi connectivity index (χ0v) is 18.4. The highest BCUT2D eigenvalue weighted by atomic mass is 127. The van der Waals surface area contributed by atoms with Crippen LogP contribution in [0.3, 0.4) is 0 Å².